The first-order valence-corrected chi connectivity index (χ1v) is 13.2. The summed E-state index contributed by atoms with van der Waals surface area (Å²) in [6.07, 6.45) is 1.22. The molecule has 0 aliphatic carbocycles. The van der Waals surface area contributed by atoms with Gasteiger partial charge < -0.3 is 25.6 Å². The summed E-state index contributed by atoms with van der Waals surface area (Å²) < 4.78 is 33.4. The summed E-state index contributed by atoms with van der Waals surface area (Å²) in [5, 5.41) is 20.6. The second-order valence-electron chi connectivity index (χ2n) is 9.80. The molecule has 0 saturated carbocycles. The SMILES string of the molecule is CC(=O)NCC(CCCC1CNCC(F)(F)C1)Nc1c(C(=O)N2CCOC(C)C2)cc(Br)cc1[N+](=O)[O-]. The molecule has 2 aliphatic rings. The fourth-order valence-electron chi connectivity index (χ4n) is 4.81. The number of nitrogens with one attached hydrogen (secondary N) is 3. The summed E-state index contributed by atoms with van der Waals surface area (Å²) in [6.45, 7) is 4.64. The molecule has 3 atom stereocenters. The van der Waals surface area contributed by atoms with E-state index < -0.39 is 16.9 Å². The lowest BCUT2D eigenvalue weighted by molar-refractivity contribution is -0.384. The summed E-state index contributed by atoms with van der Waals surface area (Å²) in [5.41, 5.74) is -0.0688. The second kappa shape index (κ2) is 12.9. The third-order valence-electron chi connectivity index (χ3n) is 6.55. The number of anilines is 1. The molecule has 1 aromatic rings. The van der Waals surface area contributed by atoms with Crippen LogP contribution in [-0.4, -0.2) is 79.0 Å². The molecule has 10 nitrogen and oxygen atoms in total. The zero-order valence-corrected chi connectivity index (χ0v) is 22.6. The molecule has 0 bridgehead atoms. The Morgan fingerprint density at radius 1 is 1.41 bits per heavy atom. The van der Waals surface area contributed by atoms with E-state index in [-0.39, 0.29) is 60.3 Å². The van der Waals surface area contributed by atoms with Crippen molar-refractivity contribution in [3.8, 4) is 0 Å². The topological polar surface area (TPSA) is 126 Å². The van der Waals surface area contributed by atoms with E-state index in [1.165, 1.54) is 13.0 Å². The number of nitro benzene ring substituents is 1. The van der Waals surface area contributed by atoms with Crippen LogP contribution >= 0.6 is 15.9 Å². The largest absolute Gasteiger partial charge is 0.375 e. The van der Waals surface area contributed by atoms with Crippen LogP contribution in [0.1, 0.15) is 49.9 Å². The van der Waals surface area contributed by atoms with Crippen molar-refractivity contribution in [2.24, 2.45) is 5.92 Å². The number of piperidine rings is 1. The number of carbonyl (C=O) groups is 2. The Hall–Kier alpha value is -2.38. The van der Waals surface area contributed by atoms with Gasteiger partial charge in [-0.1, -0.05) is 22.4 Å². The van der Waals surface area contributed by atoms with Crippen LogP contribution in [0.5, 0.6) is 0 Å². The summed E-state index contributed by atoms with van der Waals surface area (Å²) in [5.74, 6) is -3.56. The minimum Gasteiger partial charge on any atom is -0.375 e. The molecule has 2 saturated heterocycles. The lowest BCUT2D eigenvalue weighted by Crippen LogP contribution is -2.45. The zero-order valence-electron chi connectivity index (χ0n) is 21.0. The van der Waals surface area contributed by atoms with Crippen LogP contribution in [0.4, 0.5) is 20.2 Å². The normalized spacial score (nSPS) is 22.2. The molecule has 2 aliphatic heterocycles. The van der Waals surface area contributed by atoms with Crippen molar-refractivity contribution in [2.75, 3.05) is 44.6 Å². The fourth-order valence-corrected chi connectivity index (χ4v) is 5.26. The molecule has 0 radical (unpaired) electrons. The monoisotopic (exact) mass is 589 g/mol. The Bertz CT molecular complexity index is 999. The first-order chi connectivity index (χ1) is 17.4. The number of ether oxygens (including phenoxy) is 1. The average Bonchev–Trinajstić information content (AvgIpc) is 2.81. The minimum atomic E-state index is -2.74. The summed E-state index contributed by atoms with van der Waals surface area (Å²) in [6, 6.07) is 2.41. The minimum absolute atomic E-state index is 0.0681. The smallest absolute Gasteiger partial charge is 0.294 e. The molecule has 206 valence electrons. The number of nitro groups is 1. The maximum atomic E-state index is 13.8. The Morgan fingerprint density at radius 3 is 2.81 bits per heavy atom. The van der Waals surface area contributed by atoms with Gasteiger partial charge >= 0.3 is 0 Å². The fraction of sp³-hybridized carbons (Fsp3) is 0.667. The third kappa shape index (κ3) is 8.57. The van der Waals surface area contributed by atoms with Crippen molar-refractivity contribution < 1.29 is 28.0 Å². The Morgan fingerprint density at radius 2 is 2.16 bits per heavy atom. The van der Waals surface area contributed by atoms with Crippen LogP contribution in [0, 0.1) is 16.0 Å². The molecule has 37 heavy (non-hydrogen) atoms. The Labute approximate surface area is 223 Å². The van der Waals surface area contributed by atoms with Crippen molar-refractivity contribution in [3.05, 3.63) is 32.3 Å². The molecule has 0 aromatic heterocycles. The van der Waals surface area contributed by atoms with E-state index in [9.17, 15) is 28.5 Å². The van der Waals surface area contributed by atoms with E-state index >= 15 is 0 Å². The number of carbonyl (C=O) groups excluding carboxylic acids is 2. The molecule has 3 unspecified atom stereocenters. The number of hydrogen-bond donors (Lipinski definition) is 3. The molecule has 2 amide bonds. The molecule has 3 rings (SSSR count). The lowest BCUT2D eigenvalue weighted by Gasteiger charge is -2.32. The van der Waals surface area contributed by atoms with Crippen LogP contribution in [0.15, 0.2) is 16.6 Å². The zero-order chi connectivity index (χ0) is 27.2. The molecular formula is C24H34BrF2N5O5. The van der Waals surface area contributed by atoms with Crippen molar-refractivity contribution in [3.63, 3.8) is 0 Å². The average molecular weight is 590 g/mol. The molecule has 0 spiro atoms. The number of morpholine rings is 1. The standard InChI is InChI=1S/C24H34BrF2N5O5/c1-15-13-31(6-7-37-15)23(34)20-8-18(25)9-21(32(35)36)22(20)30-19(12-29-16(2)33)5-3-4-17-10-24(26,27)14-28-11-17/h8-9,15,17,19,28,30H,3-7,10-14H2,1-2H3,(H,29,33). The molecular weight excluding hydrogens is 556 g/mol. The van der Waals surface area contributed by atoms with Crippen LogP contribution in [-0.2, 0) is 9.53 Å². The second-order valence-corrected chi connectivity index (χ2v) is 10.7. The van der Waals surface area contributed by atoms with Crippen LogP contribution in [0.2, 0.25) is 0 Å². The van der Waals surface area contributed by atoms with Gasteiger partial charge in [-0.25, -0.2) is 8.78 Å². The number of amides is 2. The predicted octanol–water partition coefficient (Wildman–Crippen LogP) is 3.55. The van der Waals surface area contributed by atoms with Gasteiger partial charge in [0.1, 0.15) is 5.69 Å². The van der Waals surface area contributed by atoms with Gasteiger partial charge in [0.05, 0.1) is 29.7 Å². The van der Waals surface area contributed by atoms with Gasteiger partial charge in [0, 0.05) is 49.6 Å². The molecule has 2 fully saturated rings. The van der Waals surface area contributed by atoms with Gasteiger partial charge in [-0.3, -0.25) is 19.7 Å². The molecule has 2 heterocycles. The first-order valence-electron chi connectivity index (χ1n) is 12.4. The van der Waals surface area contributed by atoms with E-state index in [2.05, 4.69) is 31.9 Å². The van der Waals surface area contributed by atoms with Crippen molar-refractivity contribution in [2.45, 2.75) is 57.6 Å². The number of nitrogens with zero attached hydrogens (tertiary/aromatic N) is 2. The highest BCUT2D eigenvalue weighted by Gasteiger charge is 2.36. The van der Waals surface area contributed by atoms with Gasteiger partial charge in [-0.15, -0.1) is 0 Å². The highest BCUT2D eigenvalue weighted by Crippen LogP contribution is 2.35. The number of rotatable bonds is 10. The highest BCUT2D eigenvalue weighted by atomic mass is 79.9. The van der Waals surface area contributed by atoms with Crippen molar-refractivity contribution >= 4 is 39.1 Å². The maximum absolute atomic E-state index is 13.8. The summed E-state index contributed by atoms with van der Waals surface area (Å²) in [7, 11) is 0. The van der Waals surface area contributed by atoms with Gasteiger partial charge in [-0.2, -0.15) is 0 Å². The predicted molar refractivity (Wildman–Crippen MR) is 138 cm³/mol. The van der Waals surface area contributed by atoms with Gasteiger partial charge in [0.25, 0.3) is 17.5 Å². The first kappa shape index (κ1) is 29.2. The number of benzene rings is 1. The van der Waals surface area contributed by atoms with E-state index in [1.54, 1.807) is 11.0 Å². The lowest BCUT2D eigenvalue weighted by atomic mass is 9.91. The molecule has 3 N–H and O–H groups in total. The number of hydrogen-bond acceptors (Lipinski definition) is 7. The third-order valence-corrected chi connectivity index (χ3v) is 7.01. The maximum Gasteiger partial charge on any atom is 0.294 e. The number of alkyl halides is 2. The van der Waals surface area contributed by atoms with Gasteiger partial charge in [-0.05, 0) is 38.3 Å². The van der Waals surface area contributed by atoms with E-state index in [1.807, 2.05) is 6.92 Å². The van der Waals surface area contributed by atoms with E-state index in [0.29, 0.717) is 50.0 Å². The van der Waals surface area contributed by atoms with Gasteiger partial charge in [0.15, 0.2) is 0 Å². The van der Waals surface area contributed by atoms with Crippen molar-refractivity contribution in [1.82, 2.24) is 15.5 Å². The Kier molecular flexibility index (Phi) is 10.2. The summed E-state index contributed by atoms with van der Waals surface area (Å²) in [4.78, 5) is 38.1. The van der Waals surface area contributed by atoms with E-state index in [0.717, 1.165) is 0 Å². The Balaban J connectivity index is 1.82. The molecule has 13 heteroatoms. The van der Waals surface area contributed by atoms with Crippen molar-refractivity contribution in [1.29, 1.82) is 0 Å². The summed E-state index contributed by atoms with van der Waals surface area (Å²) >= 11 is 3.28. The number of halogens is 3. The van der Waals surface area contributed by atoms with Gasteiger partial charge in [0.2, 0.25) is 5.91 Å². The van der Waals surface area contributed by atoms with Crippen LogP contribution < -0.4 is 16.0 Å². The quantitative estimate of drug-likeness (QED) is 0.281. The van der Waals surface area contributed by atoms with E-state index in [4.69, 9.17) is 4.74 Å². The molecule has 1 aromatic carbocycles. The van der Waals surface area contributed by atoms with Crippen LogP contribution in [0.25, 0.3) is 0 Å². The highest BCUT2D eigenvalue weighted by molar-refractivity contribution is 9.10. The van der Waals surface area contributed by atoms with Crippen LogP contribution in [0.3, 0.4) is 0 Å².